The van der Waals surface area contributed by atoms with E-state index in [1.807, 2.05) is 38.1 Å². The van der Waals surface area contributed by atoms with Crippen LogP contribution in [0.1, 0.15) is 19.6 Å². The minimum absolute atomic E-state index is 0.154. The quantitative estimate of drug-likeness (QED) is 0.357. The van der Waals surface area contributed by atoms with E-state index in [2.05, 4.69) is 15.5 Å². The van der Waals surface area contributed by atoms with Crippen molar-refractivity contribution in [2.75, 3.05) is 56.3 Å². The van der Waals surface area contributed by atoms with Crippen LogP contribution in [0.5, 0.6) is 11.5 Å². The Labute approximate surface area is 202 Å². The SMILES string of the molecule is CCOc1cc(N2CCOCC2)c(OCC)cc1NC(=O)CNCc1ccco1.O=C(O)C(=O)O. The monoisotopic (exact) mass is 493 g/mol. The Bertz CT molecular complexity index is 945. The molecule has 0 aliphatic carbocycles. The van der Waals surface area contributed by atoms with Crippen molar-refractivity contribution < 1.29 is 43.2 Å². The molecule has 0 atom stereocenters. The molecule has 1 aromatic heterocycles. The van der Waals surface area contributed by atoms with Crippen LogP contribution >= 0.6 is 0 Å². The summed E-state index contributed by atoms with van der Waals surface area (Å²) in [5.74, 6) is -1.70. The zero-order valence-corrected chi connectivity index (χ0v) is 19.7. The van der Waals surface area contributed by atoms with Crippen LogP contribution in [0.15, 0.2) is 34.9 Å². The molecule has 3 rings (SSSR count). The van der Waals surface area contributed by atoms with Gasteiger partial charge in [-0.05, 0) is 26.0 Å². The number of carboxylic acid groups (broad SMARTS) is 2. The van der Waals surface area contributed by atoms with Gasteiger partial charge >= 0.3 is 11.9 Å². The number of rotatable bonds is 10. The van der Waals surface area contributed by atoms with E-state index in [-0.39, 0.29) is 12.5 Å². The van der Waals surface area contributed by atoms with Gasteiger partial charge in [-0.2, -0.15) is 0 Å². The van der Waals surface area contributed by atoms with Crippen LogP contribution in [0, 0.1) is 0 Å². The molecule has 1 aliphatic heterocycles. The van der Waals surface area contributed by atoms with E-state index < -0.39 is 11.9 Å². The number of carbonyl (C=O) groups excluding carboxylic acids is 1. The Morgan fingerprint density at radius 1 is 1.03 bits per heavy atom. The summed E-state index contributed by atoms with van der Waals surface area (Å²) in [5, 5.41) is 20.8. The van der Waals surface area contributed by atoms with Gasteiger partial charge in [-0.3, -0.25) is 4.79 Å². The summed E-state index contributed by atoms with van der Waals surface area (Å²) in [7, 11) is 0. The molecule has 1 fully saturated rings. The highest BCUT2D eigenvalue weighted by atomic mass is 16.5. The van der Waals surface area contributed by atoms with Crippen LogP contribution in [-0.2, 0) is 25.7 Å². The number of amides is 1. The fourth-order valence-electron chi connectivity index (χ4n) is 3.15. The second kappa shape index (κ2) is 14.5. The maximum atomic E-state index is 12.4. The molecule has 0 unspecified atom stereocenters. The molecule has 4 N–H and O–H groups in total. The third kappa shape index (κ3) is 9.18. The summed E-state index contributed by atoms with van der Waals surface area (Å²) in [6, 6.07) is 7.45. The van der Waals surface area contributed by atoms with Crippen LogP contribution in [0.4, 0.5) is 11.4 Å². The van der Waals surface area contributed by atoms with Crippen LogP contribution in [0.3, 0.4) is 0 Å². The third-order valence-electron chi connectivity index (χ3n) is 4.63. The number of nitrogens with one attached hydrogen (secondary N) is 2. The zero-order chi connectivity index (χ0) is 25.6. The summed E-state index contributed by atoms with van der Waals surface area (Å²) < 4.78 is 22.4. The lowest BCUT2D eigenvalue weighted by atomic mass is 10.2. The van der Waals surface area contributed by atoms with Gasteiger partial charge in [0, 0.05) is 25.2 Å². The molecular formula is C23H31N3O9. The molecule has 2 aromatic rings. The van der Waals surface area contributed by atoms with Gasteiger partial charge in [0.1, 0.15) is 17.3 Å². The van der Waals surface area contributed by atoms with Crippen LogP contribution < -0.4 is 25.0 Å². The first kappa shape index (κ1) is 27.5. The number of hydrogen-bond acceptors (Lipinski definition) is 9. The van der Waals surface area contributed by atoms with Gasteiger partial charge in [0.25, 0.3) is 0 Å². The molecule has 1 aromatic carbocycles. The molecule has 0 bridgehead atoms. The number of hydrogen-bond donors (Lipinski definition) is 4. The first-order valence-electron chi connectivity index (χ1n) is 11.1. The second-order valence-corrected chi connectivity index (χ2v) is 7.12. The molecule has 12 nitrogen and oxygen atoms in total. The van der Waals surface area contributed by atoms with E-state index in [9.17, 15) is 4.79 Å². The predicted molar refractivity (Wildman–Crippen MR) is 126 cm³/mol. The molecular weight excluding hydrogens is 462 g/mol. The molecule has 1 amide bonds. The average molecular weight is 494 g/mol. The summed E-state index contributed by atoms with van der Waals surface area (Å²) in [6.07, 6.45) is 1.61. The molecule has 35 heavy (non-hydrogen) atoms. The van der Waals surface area contributed by atoms with Gasteiger partial charge in [0.2, 0.25) is 5.91 Å². The number of morpholine rings is 1. The highest BCUT2D eigenvalue weighted by molar-refractivity contribution is 6.27. The van der Waals surface area contributed by atoms with Crippen LogP contribution in [0.2, 0.25) is 0 Å². The largest absolute Gasteiger partial charge is 0.492 e. The van der Waals surface area contributed by atoms with Gasteiger partial charge in [0.15, 0.2) is 0 Å². The topological polar surface area (TPSA) is 160 Å². The van der Waals surface area contributed by atoms with Crippen molar-refractivity contribution in [2.45, 2.75) is 20.4 Å². The molecule has 0 radical (unpaired) electrons. The van der Waals surface area contributed by atoms with Crippen LogP contribution in [0.25, 0.3) is 0 Å². The van der Waals surface area contributed by atoms with Gasteiger partial charge in [-0.1, -0.05) is 0 Å². The number of carbonyl (C=O) groups is 3. The molecule has 2 heterocycles. The minimum atomic E-state index is -1.82. The zero-order valence-electron chi connectivity index (χ0n) is 19.7. The number of aliphatic carboxylic acids is 2. The average Bonchev–Trinajstić information content (AvgIpc) is 3.35. The van der Waals surface area contributed by atoms with Crippen molar-refractivity contribution >= 4 is 29.2 Å². The Morgan fingerprint density at radius 3 is 2.26 bits per heavy atom. The number of benzene rings is 1. The van der Waals surface area contributed by atoms with E-state index in [1.165, 1.54) is 0 Å². The van der Waals surface area contributed by atoms with Gasteiger partial charge < -0.3 is 44.4 Å². The summed E-state index contributed by atoms with van der Waals surface area (Å²) >= 11 is 0. The Hall–Kier alpha value is -3.77. The fourth-order valence-corrected chi connectivity index (χ4v) is 3.15. The van der Waals surface area contributed by atoms with E-state index in [0.717, 1.165) is 30.3 Å². The normalized spacial score (nSPS) is 12.8. The van der Waals surface area contributed by atoms with Crippen LogP contribution in [-0.4, -0.2) is 74.1 Å². The third-order valence-corrected chi connectivity index (χ3v) is 4.63. The van der Waals surface area contributed by atoms with Crippen molar-refractivity contribution in [1.82, 2.24) is 5.32 Å². The molecule has 0 saturated carbocycles. The van der Waals surface area contributed by atoms with Gasteiger partial charge in [-0.25, -0.2) is 9.59 Å². The smallest absolute Gasteiger partial charge is 0.414 e. The molecule has 192 valence electrons. The summed E-state index contributed by atoms with van der Waals surface area (Å²) in [4.78, 5) is 32.8. The lowest BCUT2D eigenvalue weighted by molar-refractivity contribution is -0.159. The second-order valence-electron chi connectivity index (χ2n) is 7.12. The first-order chi connectivity index (χ1) is 16.8. The Kier molecular flexibility index (Phi) is 11.4. The lowest BCUT2D eigenvalue weighted by Gasteiger charge is -2.31. The lowest BCUT2D eigenvalue weighted by Crippen LogP contribution is -2.36. The van der Waals surface area contributed by atoms with Crippen molar-refractivity contribution in [2.24, 2.45) is 0 Å². The van der Waals surface area contributed by atoms with Gasteiger partial charge in [-0.15, -0.1) is 0 Å². The molecule has 1 saturated heterocycles. The Balaban J connectivity index is 0.000000641. The number of nitrogens with zero attached hydrogens (tertiary/aromatic N) is 1. The van der Waals surface area contributed by atoms with Gasteiger partial charge in [0.05, 0.1) is 57.2 Å². The van der Waals surface area contributed by atoms with Crippen molar-refractivity contribution in [3.8, 4) is 11.5 Å². The molecule has 12 heteroatoms. The number of anilines is 2. The van der Waals surface area contributed by atoms with Crippen molar-refractivity contribution in [3.05, 3.63) is 36.3 Å². The van der Waals surface area contributed by atoms with Crippen molar-refractivity contribution in [1.29, 1.82) is 0 Å². The maximum absolute atomic E-state index is 12.4. The minimum Gasteiger partial charge on any atom is -0.492 e. The van der Waals surface area contributed by atoms with E-state index in [4.69, 9.17) is 38.4 Å². The Morgan fingerprint density at radius 2 is 1.69 bits per heavy atom. The van der Waals surface area contributed by atoms with E-state index in [1.54, 1.807) is 6.26 Å². The molecule has 0 spiro atoms. The highest BCUT2D eigenvalue weighted by Crippen LogP contribution is 2.39. The van der Waals surface area contributed by atoms with Crippen molar-refractivity contribution in [3.63, 3.8) is 0 Å². The number of carboxylic acids is 2. The number of ether oxygens (including phenoxy) is 3. The first-order valence-corrected chi connectivity index (χ1v) is 11.1. The molecule has 1 aliphatic rings. The van der Waals surface area contributed by atoms with E-state index >= 15 is 0 Å². The highest BCUT2D eigenvalue weighted by Gasteiger charge is 2.20. The fraction of sp³-hybridized carbons (Fsp3) is 0.435. The number of furan rings is 1. The maximum Gasteiger partial charge on any atom is 0.414 e. The predicted octanol–water partition coefficient (Wildman–Crippen LogP) is 1.80. The van der Waals surface area contributed by atoms with E-state index in [0.29, 0.717) is 44.4 Å². The summed E-state index contributed by atoms with van der Waals surface area (Å²) in [5.41, 5.74) is 1.55. The summed E-state index contributed by atoms with van der Waals surface area (Å²) in [6.45, 7) is 8.45. The standard InChI is InChI=1S/C21H29N3O5.C2H2O4/c1-3-27-19-13-18(24-7-10-26-11-8-24)20(28-4-2)12-17(19)23-21(25)15-22-14-16-6-5-9-29-16;3-1(4)2(5)6/h5-6,9,12-13,22H,3-4,7-8,10-11,14-15H2,1-2H3,(H,23,25);(H,3,4)(H,5,6).